The first-order valence-electron chi connectivity index (χ1n) is 12.5. The Balaban J connectivity index is -0.000000139. The van der Waals surface area contributed by atoms with Gasteiger partial charge in [-0.15, -0.1) is 0 Å². The molecule has 27 heavy (non-hydrogen) atoms. The molecule has 0 aromatic rings. The van der Waals surface area contributed by atoms with Crippen molar-refractivity contribution in [2.45, 2.75) is 153 Å². The summed E-state index contributed by atoms with van der Waals surface area (Å²) < 4.78 is 0. The number of hydrogen-bond acceptors (Lipinski definition) is 0. The van der Waals surface area contributed by atoms with E-state index >= 15 is 0 Å². The van der Waals surface area contributed by atoms with Crippen LogP contribution in [0.5, 0.6) is 0 Å². The molecule has 0 nitrogen and oxygen atoms in total. The fraction of sp³-hybridized carbons (Fsp3) is 1.00. The van der Waals surface area contributed by atoms with E-state index in [1.807, 2.05) is 13.8 Å². The lowest BCUT2D eigenvalue weighted by atomic mass is 9.78. The zero-order valence-corrected chi connectivity index (χ0v) is 21.4. The molecule has 3 radical (unpaired) electrons. The van der Waals surface area contributed by atoms with Crippen molar-refractivity contribution in [2.75, 3.05) is 0 Å². The Bertz CT molecular complexity index is 199. The maximum atomic E-state index is 2.32. The molecular weight excluding hydrogens is 323 g/mol. The summed E-state index contributed by atoms with van der Waals surface area (Å²) in [4.78, 5) is 0. The second-order valence-electron chi connectivity index (χ2n) is 7.92. The van der Waals surface area contributed by atoms with Crippen molar-refractivity contribution < 1.29 is 0 Å². The van der Waals surface area contributed by atoms with Crippen LogP contribution in [0, 0.1) is 17.3 Å². The minimum Gasteiger partial charge on any atom is -0.0683 e. The van der Waals surface area contributed by atoms with Gasteiger partial charge in [-0.1, -0.05) is 153 Å². The summed E-state index contributed by atoms with van der Waals surface area (Å²) >= 11 is 0. The van der Waals surface area contributed by atoms with Crippen LogP contribution in [-0.2, 0) is 0 Å². The Morgan fingerprint density at radius 3 is 1.07 bits per heavy atom. The highest BCUT2D eigenvalue weighted by atomic mass is 14.3. The van der Waals surface area contributed by atoms with E-state index in [1.165, 1.54) is 83.5 Å². The molecule has 0 N–H and O–H groups in total. The lowest BCUT2D eigenvalue weighted by molar-refractivity contribution is 0.240. The van der Waals surface area contributed by atoms with E-state index in [9.17, 15) is 0 Å². The van der Waals surface area contributed by atoms with Crippen LogP contribution in [0.2, 0.25) is 0 Å². The van der Waals surface area contributed by atoms with Gasteiger partial charge in [-0.05, 0) is 17.3 Å². The van der Waals surface area contributed by atoms with Crippen LogP contribution in [0.15, 0.2) is 0 Å². The molecule has 1 fully saturated rings. The van der Waals surface area contributed by atoms with Crippen molar-refractivity contribution >= 4 is 8.41 Å². The van der Waals surface area contributed by atoms with E-state index < -0.39 is 0 Å². The summed E-state index contributed by atoms with van der Waals surface area (Å²) in [5, 5.41) is 0. The highest BCUT2D eigenvalue weighted by Gasteiger charge is 2.20. The summed E-state index contributed by atoms with van der Waals surface area (Å²) in [6.45, 7) is 22.3. The Morgan fingerprint density at radius 1 is 0.630 bits per heavy atom. The fourth-order valence-electron chi connectivity index (χ4n) is 3.96. The van der Waals surface area contributed by atoms with Crippen LogP contribution in [0.4, 0.5) is 0 Å². The molecule has 0 saturated heterocycles. The maximum Gasteiger partial charge on any atom is 0 e. The van der Waals surface area contributed by atoms with Gasteiger partial charge in [0.05, 0.1) is 0 Å². The van der Waals surface area contributed by atoms with Crippen molar-refractivity contribution in [1.82, 2.24) is 0 Å². The maximum absolute atomic E-state index is 2.32. The highest BCUT2D eigenvalue weighted by Crippen LogP contribution is 2.33. The molecule has 0 aromatic heterocycles. The molecule has 0 amide bonds. The van der Waals surface area contributed by atoms with Gasteiger partial charge in [-0.3, -0.25) is 0 Å². The Hall–Kier alpha value is 0.0649. The molecule has 1 heteroatoms. The summed E-state index contributed by atoms with van der Waals surface area (Å²) in [6.07, 6.45) is 18.4. The van der Waals surface area contributed by atoms with Gasteiger partial charge in [-0.2, -0.15) is 0 Å². The van der Waals surface area contributed by atoms with Gasteiger partial charge in [0, 0.05) is 8.41 Å². The molecule has 165 valence electrons. The van der Waals surface area contributed by atoms with Crippen LogP contribution in [-0.4, -0.2) is 8.41 Å². The van der Waals surface area contributed by atoms with Gasteiger partial charge in [0.1, 0.15) is 0 Å². The van der Waals surface area contributed by atoms with E-state index in [-0.39, 0.29) is 8.41 Å². The first kappa shape index (κ1) is 34.6. The molecule has 0 atom stereocenters. The van der Waals surface area contributed by atoms with E-state index in [4.69, 9.17) is 0 Å². The lowest BCUT2D eigenvalue weighted by Gasteiger charge is -2.28. The summed E-state index contributed by atoms with van der Waals surface area (Å²) in [6, 6.07) is 0. The zero-order valence-electron chi connectivity index (χ0n) is 21.4. The van der Waals surface area contributed by atoms with Crippen molar-refractivity contribution in [1.29, 1.82) is 0 Å². The Labute approximate surface area is 178 Å². The van der Waals surface area contributed by atoms with E-state index in [0.717, 1.165) is 11.8 Å². The molecule has 1 saturated carbocycles. The number of hydrogen-bond donors (Lipinski definition) is 0. The van der Waals surface area contributed by atoms with Gasteiger partial charge in [-0.25, -0.2) is 0 Å². The Kier molecular flexibility index (Phi) is 33.4. The Morgan fingerprint density at radius 2 is 0.963 bits per heavy atom. The number of rotatable bonds is 8. The second-order valence-corrected chi connectivity index (χ2v) is 7.92. The summed E-state index contributed by atoms with van der Waals surface area (Å²) in [5.41, 5.74) is 0.667. The lowest BCUT2D eigenvalue weighted by Crippen LogP contribution is -2.15. The van der Waals surface area contributed by atoms with E-state index in [0.29, 0.717) is 5.41 Å². The predicted molar refractivity (Wildman–Crippen MR) is 132 cm³/mol. The van der Waals surface area contributed by atoms with Gasteiger partial charge in [0.2, 0.25) is 0 Å². The van der Waals surface area contributed by atoms with E-state index in [1.54, 1.807) is 0 Å². The quantitative estimate of drug-likeness (QED) is 0.367. The monoisotopic (exact) mass is 381 g/mol. The minimum absolute atomic E-state index is 0. The summed E-state index contributed by atoms with van der Waals surface area (Å²) in [5.74, 6) is 2.07. The van der Waals surface area contributed by atoms with E-state index in [2.05, 4.69) is 55.4 Å². The van der Waals surface area contributed by atoms with Crippen molar-refractivity contribution in [3.05, 3.63) is 0 Å². The molecule has 0 bridgehead atoms. The van der Waals surface area contributed by atoms with Crippen molar-refractivity contribution in [3.8, 4) is 0 Å². The van der Waals surface area contributed by atoms with Crippen LogP contribution in [0.3, 0.4) is 0 Å². The average molecular weight is 382 g/mol. The molecule has 1 aliphatic rings. The standard InChI is InChI=1S/C9H20.C8H16.C7H16.C2H6.B/c1-5-9(6-2,7-3)8-4;1-2-8-6-4-3-5-7-8;1-4-7(5-2)6-3;1-2;/h5-8H2,1-4H3;8H,2-7H2,1H3;7H,4-6H2,1-3H3;1-2H3;. The third-order valence-electron chi connectivity index (χ3n) is 7.03. The van der Waals surface area contributed by atoms with Crippen LogP contribution in [0.25, 0.3) is 0 Å². The van der Waals surface area contributed by atoms with Crippen LogP contribution < -0.4 is 0 Å². The fourth-order valence-corrected chi connectivity index (χ4v) is 3.96. The van der Waals surface area contributed by atoms with Gasteiger partial charge < -0.3 is 0 Å². The summed E-state index contributed by atoms with van der Waals surface area (Å²) in [7, 11) is 0. The van der Waals surface area contributed by atoms with Gasteiger partial charge in [0.15, 0.2) is 0 Å². The predicted octanol–water partition coefficient (Wildman–Crippen LogP) is 10.1. The molecule has 1 aliphatic carbocycles. The van der Waals surface area contributed by atoms with Crippen molar-refractivity contribution in [3.63, 3.8) is 0 Å². The highest BCUT2D eigenvalue weighted by molar-refractivity contribution is 5.75. The van der Waals surface area contributed by atoms with Gasteiger partial charge in [0.25, 0.3) is 0 Å². The average Bonchev–Trinajstić information content (AvgIpc) is 2.74. The first-order valence-corrected chi connectivity index (χ1v) is 12.5. The second kappa shape index (κ2) is 26.1. The van der Waals surface area contributed by atoms with Crippen LogP contribution >= 0.6 is 0 Å². The van der Waals surface area contributed by atoms with Crippen LogP contribution in [0.1, 0.15) is 153 Å². The smallest absolute Gasteiger partial charge is 0 e. The molecule has 1 rings (SSSR count). The molecular formula is C26H58B. The zero-order chi connectivity index (χ0) is 20.8. The SMILES string of the molecule is CC.CCC(CC)(CC)CC.CCC(CC)CC.CCC1CCCCC1.[B]. The molecule has 0 spiro atoms. The van der Waals surface area contributed by atoms with Crippen molar-refractivity contribution in [2.24, 2.45) is 17.3 Å². The molecule has 0 aromatic carbocycles. The minimum atomic E-state index is 0. The van der Waals surface area contributed by atoms with Gasteiger partial charge >= 0.3 is 0 Å². The molecule has 0 heterocycles. The largest absolute Gasteiger partial charge is 0.0683 e. The first-order chi connectivity index (χ1) is 12.5. The third kappa shape index (κ3) is 19.2. The topological polar surface area (TPSA) is 0 Å². The molecule has 0 aliphatic heterocycles. The normalized spacial score (nSPS) is 13.9. The molecule has 0 unspecified atom stereocenters. The third-order valence-corrected chi connectivity index (χ3v) is 7.03.